The number of hydrogen-bond acceptors (Lipinski definition) is 4. The Kier molecular flexibility index (Phi) is 5.36. The summed E-state index contributed by atoms with van der Waals surface area (Å²) in [5.41, 5.74) is 3.06. The number of nitro benzene ring substituents is 1. The number of alkyl halides is 3. The first kappa shape index (κ1) is 19.4. The van der Waals surface area contributed by atoms with E-state index in [1.807, 2.05) is 0 Å². The molecule has 0 bridgehead atoms. The van der Waals surface area contributed by atoms with Crippen LogP contribution in [0.3, 0.4) is 0 Å². The van der Waals surface area contributed by atoms with Gasteiger partial charge in [-0.2, -0.15) is 13.2 Å². The quantitative estimate of drug-likeness (QED) is 0.471. The van der Waals surface area contributed by atoms with E-state index in [0.717, 1.165) is 12.1 Å². The van der Waals surface area contributed by atoms with Crippen LogP contribution in [0.15, 0.2) is 30.3 Å². The molecular formula is C15H9ClF4N2O4. The number of primary amides is 1. The summed E-state index contributed by atoms with van der Waals surface area (Å²) in [5, 5.41) is 10.2. The van der Waals surface area contributed by atoms with Gasteiger partial charge in [0.15, 0.2) is 11.6 Å². The van der Waals surface area contributed by atoms with Crippen molar-refractivity contribution in [2.75, 3.05) is 0 Å². The molecule has 2 rings (SSSR count). The third kappa shape index (κ3) is 4.20. The van der Waals surface area contributed by atoms with E-state index in [1.165, 1.54) is 6.07 Å². The fourth-order valence-corrected chi connectivity index (χ4v) is 2.31. The van der Waals surface area contributed by atoms with Crippen molar-refractivity contribution in [1.29, 1.82) is 0 Å². The molecule has 26 heavy (non-hydrogen) atoms. The molecular weight excluding hydrogens is 384 g/mol. The molecule has 2 N–H and O–H groups in total. The highest BCUT2D eigenvalue weighted by Crippen LogP contribution is 2.37. The fraction of sp³-hybridized carbons (Fsp3) is 0.133. The number of carbonyl (C=O) groups excluding carboxylic acids is 1. The first-order chi connectivity index (χ1) is 12.0. The third-order valence-corrected chi connectivity index (χ3v) is 3.51. The molecule has 0 radical (unpaired) electrons. The van der Waals surface area contributed by atoms with E-state index >= 15 is 0 Å². The van der Waals surface area contributed by atoms with E-state index in [9.17, 15) is 32.5 Å². The minimum Gasteiger partial charge on any atom is -0.484 e. The number of nitrogens with two attached hydrogens (primary N) is 1. The number of halogens is 5. The highest BCUT2D eigenvalue weighted by Gasteiger charge is 2.32. The van der Waals surface area contributed by atoms with Crippen molar-refractivity contribution in [3.05, 3.63) is 68.0 Å². The first-order valence-corrected chi connectivity index (χ1v) is 7.14. The van der Waals surface area contributed by atoms with Crippen molar-refractivity contribution in [2.24, 2.45) is 5.73 Å². The number of benzene rings is 2. The number of rotatable bonds is 5. The molecule has 2 aromatic carbocycles. The minimum atomic E-state index is -4.78. The lowest BCUT2D eigenvalue weighted by atomic mass is 10.1. The molecule has 1 amide bonds. The van der Waals surface area contributed by atoms with Crippen LogP contribution in [-0.4, -0.2) is 10.8 Å². The largest absolute Gasteiger partial charge is 0.484 e. The summed E-state index contributed by atoms with van der Waals surface area (Å²) >= 11 is 5.63. The highest BCUT2D eigenvalue weighted by molar-refractivity contribution is 6.32. The Hall–Kier alpha value is -2.88. The molecule has 11 heteroatoms. The highest BCUT2D eigenvalue weighted by atomic mass is 35.5. The number of hydrogen-bond donors (Lipinski definition) is 1. The Morgan fingerprint density at radius 3 is 2.42 bits per heavy atom. The molecule has 0 aliphatic rings. The van der Waals surface area contributed by atoms with Crippen LogP contribution in [-0.2, 0) is 12.8 Å². The maximum absolute atomic E-state index is 13.8. The van der Waals surface area contributed by atoms with Crippen molar-refractivity contribution < 1.29 is 32.0 Å². The second-order valence-electron chi connectivity index (χ2n) is 5.03. The predicted octanol–water partition coefficient (Wildman–Crippen LogP) is 4.08. The van der Waals surface area contributed by atoms with Crippen LogP contribution >= 0.6 is 11.6 Å². The minimum absolute atomic E-state index is 0.194. The van der Waals surface area contributed by atoms with Gasteiger partial charge in [0.05, 0.1) is 15.5 Å². The maximum Gasteiger partial charge on any atom is 0.416 e. The molecule has 0 heterocycles. The smallest absolute Gasteiger partial charge is 0.416 e. The Balaban J connectivity index is 2.28. The van der Waals surface area contributed by atoms with E-state index < -0.39 is 57.0 Å². The number of carbonyl (C=O) groups is 1. The predicted molar refractivity (Wildman–Crippen MR) is 82.4 cm³/mol. The first-order valence-electron chi connectivity index (χ1n) is 6.77. The third-order valence-electron chi connectivity index (χ3n) is 3.23. The topological polar surface area (TPSA) is 95.5 Å². The van der Waals surface area contributed by atoms with Gasteiger partial charge in [0, 0.05) is 6.07 Å². The van der Waals surface area contributed by atoms with Gasteiger partial charge in [0.2, 0.25) is 0 Å². The summed E-state index contributed by atoms with van der Waals surface area (Å²) in [5.74, 6) is -3.02. The zero-order valence-corrected chi connectivity index (χ0v) is 13.4. The lowest BCUT2D eigenvalue weighted by Crippen LogP contribution is -2.14. The zero-order chi connectivity index (χ0) is 19.6. The molecule has 0 saturated heterocycles. The lowest BCUT2D eigenvalue weighted by molar-refractivity contribution is -0.385. The van der Waals surface area contributed by atoms with Crippen molar-refractivity contribution in [3.63, 3.8) is 0 Å². The van der Waals surface area contributed by atoms with Crippen LogP contribution in [0.2, 0.25) is 5.02 Å². The summed E-state index contributed by atoms with van der Waals surface area (Å²) in [7, 11) is 0. The summed E-state index contributed by atoms with van der Waals surface area (Å²) in [4.78, 5) is 21.3. The van der Waals surface area contributed by atoms with E-state index in [1.54, 1.807) is 0 Å². The van der Waals surface area contributed by atoms with Crippen molar-refractivity contribution in [2.45, 2.75) is 12.8 Å². The monoisotopic (exact) mass is 392 g/mol. The molecule has 0 aliphatic heterocycles. The number of nitrogens with zero attached hydrogens (tertiary/aromatic N) is 1. The van der Waals surface area contributed by atoms with Crippen LogP contribution in [0.25, 0.3) is 0 Å². The standard InChI is InChI=1S/C15H9ClF4N2O4/c16-10-4-8(15(18,19)20)5-11(17)13(10)26-6-7-1-2-12(22(24)25)9(3-7)14(21)23/h1-5H,6H2,(H2,21,23). The molecule has 0 saturated carbocycles. The van der Waals surface area contributed by atoms with Crippen LogP contribution in [0.1, 0.15) is 21.5 Å². The normalized spacial score (nSPS) is 11.3. The van der Waals surface area contributed by atoms with Gasteiger partial charge >= 0.3 is 6.18 Å². The molecule has 0 atom stereocenters. The van der Waals surface area contributed by atoms with Crippen molar-refractivity contribution >= 4 is 23.2 Å². The SMILES string of the molecule is NC(=O)c1cc(COc2c(F)cc(C(F)(F)F)cc2Cl)ccc1[N+](=O)[O-]. The van der Waals surface area contributed by atoms with Gasteiger partial charge in [0.1, 0.15) is 12.2 Å². The summed E-state index contributed by atoms with van der Waals surface area (Å²) < 4.78 is 56.7. The van der Waals surface area contributed by atoms with Gasteiger partial charge in [0.25, 0.3) is 11.6 Å². The molecule has 2 aromatic rings. The Morgan fingerprint density at radius 1 is 1.27 bits per heavy atom. The van der Waals surface area contributed by atoms with E-state index in [0.29, 0.717) is 6.07 Å². The van der Waals surface area contributed by atoms with E-state index in [4.69, 9.17) is 22.1 Å². The molecule has 0 spiro atoms. The van der Waals surface area contributed by atoms with E-state index in [-0.39, 0.29) is 11.6 Å². The zero-order valence-electron chi connectivity index (χ0n) is 12.6. The maximum atomic E-state index is 13.8. The summed E-state index contributed by atoms with van der Waals surface area (Å²) in [6.45, 7) is -0.416. The van der Waals surface area contributed by atoms with Crippen LogP contribution in [0.4, 0.5) is 23.2 Å². The van der Waals surface area contributed by atoms with Gasteiger partial charge in [-0.15, -0.1) is 0 Å². The molecule has 0 aromatic heterocycles. The van der Waals surface area contributed by atoms with Crippen LogP contribution in [0, 0.1) is 15.9 Å². The van der Waals surface area contributed by atoms with Gasteiger partial charge in [-0.05, 0) is 29.8 Å². The number of amides is 1. The number of nitro groups is 1. The molecule has 0 unspecified atom stereocenters. The second kappa shape index (κ2) is 7.16. The Labute approximate surface area is 148 Å². The van der Waals surface area contributed by atoms with Gasteiger partial charge in [-0.25, -0.2) is 4.39 Å². The Morgan fingerprint density at radius 2 is 1.92 bits per heavy atom. The average molecular weight is 393 g/mol. The fourth-order valence-electron chi connectivity index (χ4n) is 2.05. The van der Waals surface area contributed by atoms with Crippen molar-refractivity contribution in [3.8, 4) is 5.75 Å². The molecule has 6 nitrogen and oxygen atoms in total. The lowest BCUT2D eigenvalue weighted by Gasteiger charge is -2.13. The van der Waals surface area contributed by atoms with Crippen LogP contribution < -0.4 is 10.5 Å². The van der Waals surface area contributed by atoms with E-state index in [2.05, 4.69) is 0 Å². The van der Waals surface area contributed by atoms with Crippen LogP contribution in [0.5, 0.6) is 5.75 Å². The van der Waals surface area contributed by atoms with Gasteiger partial charge in [-0.1, -0.05) is 11.6 Å². The summed E-state index contributed by atoms with van der Waals surface area (Å²) in [6.07, 6.45) is -4.78. The second-order valence-corrected chi connectivity index (χ2v) is 5.44. The van der Waals surface area contributed by atoms with Crippen molar-refractivity contribution in [1.82, 2.24) is 0 Å². The molecule has 138 valence electrons. The average Bonchev–Trinajstić information content (AvgIpc) is 2.52. The summed E-state index contributed by atoms with van der Waals surface area (Å²) in [6, 6.07) is 4.02. The molecule has 0 aliphatic carbocycles. The molecule has 0 fully saturated rings. The van der Waals surface area contributed by atoms with Gasteiger partial charge in [-0.3, -0.25) is 14.9 Å². The Bertz CT molecular complexity index is 863. The van der Waals surface area contributed by atoms with Gasteiger partial charge < -0.3 is 10.5 Å². The number of ether oxygens (including phenoxy) is 1.